The molecule has 1 saturated heterocycles. The summed E-state index contributed by atoms with van der Waals surface area (Å²) in [5.74, 6) is 1.15. The molecule has 21 nitrogen and oxygen atoms in total. The van der Waals surface area contributed by atoms with Gasteiger partial charge in [0.05, 0.1) is 18.1 Å². The van der Waals surface area contributed by atoms with Crippen molar-refractivity contribution in [1.82, 2.24) is 15.2 Å². The first-order valence-corrected chi connectivity index (χ1v) is 12.5. The van der Waals surface area contributed by atoms with Gasteiger partial charge in [-0.1, -0.05) is 5.16 Å². The van der Waals surface area contributed by atoms with Crippen molar-refractivity contribution in [3.05, 3.63) is 22.3 Å². The Hall–Kier alpha value is -3.55. The van der Waals surface area contributed by atoms with Gasteiger partial charge in [-0.25, -0.2) is 20.4 Å². The molecule has 0 spiro atoms. The predicted octanol–water partition coefficient (Wildman–Crippen LogP) is -8.19. The number of rotatable bonds is 11. The molecule has 3 rings (SSSR count). The number of carbonyl (C=O) groups excluding carboxylic acids is 5. The summed E-state index contributed by atoms with van der Waals surface area (Å²) in [6.45, 7) is -0.889. The molecule has 3 heterocycles. The molecule has 0 radical (unpaired) electrons. The minimum Gasteiger partial charge on any atom is -0.543 e. The summed E-state index contributed by atoms with van der Waals surface area (Å²) in [4.78, 5) is 80.5. The van der Waals surface area contributed by atoms with Crippen LogP contribution in [0.1, 0.15) is 12.1 Å². The van der Waals surface area contributed by atoms with E-state index in [1.807, 2.05) is 0 Å². The molecule has 1 aromatic heterocycles. The number of ether oxygens (including phenoxy) is 2. The molecular formula is C19H26N7NaO14S2. The van der Waals surface area contributed by atoms with Gasteiger partial charge in [0.1, 0.15) is 37.4 Å². The van der Waals surface area contributed by atoms with Crippen molar-refractivity contribution in [2.24, 2.45) is 16.7 Å². The fraction of sp³-hybridized carbons (Fsp3) is 0.368. The molecule has 2 atom stereocenters. The number of primary amides is 1. The maximum atomic E-state index is 13.0. The zero-order valence-electron chi connectivity index (χ0n) is 22.4. The zero-order chi connectivity index (χ0) is 28.9. The molecule has 0 bridgehead atoms. The minimum atomic E-state index is -1.68. The number of anilines is 1. The zero-order valence-corrected chi connectivity index (χ0v) is 26.0. The number of hydrazine groups is 1. The first-order chi connectivity index (χ1) is 18.5. The van der Waals surface area contributed by atoms with E-state index in [4.69, 9.17) is 26.3 Å². The molecule has 12 N–H and O–H groups in total. The predicted molar refractivity (Wildman–Crippen MR) is 139 cm³/mol. The van der Waals surface area contributed by atoms with E-state index in [1.165, 1.54) is 5.38 Å². The number of thiazole rings is 1. The Balaban J connectivity index is 0. The number of oxime groups is 1. The number of carboxylic acid groups (broad SMARTS) is 2. The summed E-state index contributed by atoms with van der Waals surface area (Å²) in [6, 6.07) is -1.16. The maximum Gasteiger partial charge on any atom is 1.00 e. The van der Waals surface area contributed by atoms with Gasteiger partial charge in [0.15, 0.2) is 5.71 Å². The van der Waals surface area contributed by atoms with E-state index >= 15 is 0 Å². The van der Waals surface area contributed by atoms with E-state index in [1.54, 1.807) is 0 Å². The molecule has 1 fully saturated rings. The molecule has 0 unspecified atom stereocenters. The summed E-state index contributed by atoms with van der Waals surface area (Å²) in [6.07, 6.45) is -2.67. The van der Waals surface area contributed by atoms with E-state index in [0.717, 1.165) is 35.1 Å². The SMILES string of the molecule is CON=C(C(=O)N[C@@H]1C(=O)N2C(C(=O)[O-])=C(COC(N)=O)CS[C@@H]12)c1csc(N(N)C(=O)OCCC(=O)O)n1.O.O.O.[Na+]. The van der Waals surface area contributed by atoms with E-state index in [-0.39, 0.29) is 68.1 Å². The third-order valence-corrected chi connectivity index (χ3v) is 7.17. The molecule has 43 heavy (non-hydrogen) atoms. The van der Waals surface area contributed by atoms with Crippen LogP contribution in [0.4, 0.5) is 14.7 Å². The standard InChI is InChI=1S/C19H21N7O11S2.Na.3H2O/c1-35-24-10(8-6-39-18(22-8)26(21)19(34)36-3-2-9(27)28)13(29)23-11-14(30)25-12(16(31)32)7(4-37-17(20)33)5-38-15(11)25;;;;/h6,11,15H,2-5,21H2,1H3,(H2,20,33)(H,23,29)(H,27,28)(H,31,32);;3*1H2/q;+1;;;/p-1/t11-,15+;;;;/m1..../s1. The first-order valence-electron chi connectivity index (χ1n) is 10.6. The van der Waals surface area contributed by atoms with Crippen molar-refractivity contribution in [2.75, 3.05) is 31.1 Å². The quantitative estimate of drug-likeness (QED) is 0.0427. The van der Waals surface area contributed by atoms with Crippen LogP contribution in [0, 0.1) is 0 Å². The second kappa shape index (κ2) is 18.2. The summed E-state index contributed by atoms with van der Waals surface area (Å²) in [7, 11) is 1.15. The minimum absolute atomic E-state index is 0. The van der Waals surface area contributed by atoms with Gasteiger partial charge >= 0.3 is 47.7 Å². The number of fused-ring (bicyclic) bond motifs is 1. The molecule has 0 aliphatic carbocycles. The van der Waals surface area contributed by atoms with Crippen molar-refractivity contribution in [3.63, 3.8) is 0 Å². The molecule has 2 aliphatic rings. The number of nitrogens with two attached hydrogens (primary N) is 2. The Morgan fingerprint density at radius 1 is 1.26 bits per heavy atom. The van der Waals surface area contributed by atoms with Crippen molar-refractivity contribution in [2.45, 2.75) is 17.8 Å². The number of carbonyl (C=O) groups is 6. The van der Waals surface area contributed by atoms with Crippen molar-refractivity contribution < 1.29 is 99.3 Å². The third kappa shape index (κ3) is 9.73. The van der Waals surface area contributed by atoms with Crippen LogP contribution in [-0.2, 0) is 33.5 Å². The average Bonchev–Trinajstić information content (AvgIpc) is 3.37. The fourth-order valence-corrected chi connectivity index (χ4v) is 5.35. The molecule has 4 amide bonds. The maximum absolute atomic E-state index is 13.0. The van der Waals surface area contributed by atoms with E-state index < -0.39 is 78.4 Å². The second-order valence-electron chi connectivity index (χ2n) is 7.47. The van der Waals surface area contributed by atoms with Crippen LogP contribution in [0.25, 0.3) is 0 Å². The van der Waals surface area contributed by atoms with Gasteiger partial charge in [-0.05, 0) is 0 Å². The van der Waals surface area contributed by atoms with Crippen molar-refractivity contribution in [3.8, 4) is 0 Å². The Morgan fingerprint density at radius 3 is 2.47 bits per heavy atom. The van der Waals surface area contributed by atoms with Gasteiger partial charge in [0.25, 0.3) is 11.8 Å². The van der Waals surface area contributed by atoms with Crippen LogP contribution in [-0.4, -0.2) is 111 Å². The molecule has 0 saturated carbocycles. The van der Waals surface area contributed by atoms with Crippen LogP contribution in [0.2, 0.25) is 0 Å². The van der Waals surface area contributed by atoms with E-state index in [9.17, 15) is 33.9 Å². The Kier molecular flexibility index (Phi) is 17.6. The number of amides is 4. The molecule has 0 aromatic carbocycles. The van der Waals surface area contributed by atoms with Crippen molar-refractivity contribution in [1.29, 1.82) is 0 Å². The van der Waals surface area contributed by atoms with Gasteiger partial charge < -0.3 is 56.8 Å². The van der Waals surface area contributed by atoms with Gasteiger partial charge in [0, 0.05) is 16.7 Å². The number of β-lactam (4-membered cyclic amide) rings is 1. The number of aromatic nitrogens is 1. The van der Waals surface area contributed by atoms with Gasteiger partial charge in [-0.15, -0.1) is 23.1 Å². The number of nitrogens with zero attached hydrogens (tertiary/aromatic N) is 4. The Labute approximate surface area is 271 Å². The molecular weight excluding hydrogens is 637 g/mol. The Bertz CT molecular complexity index is 1280. The smallest absolute Gasteiger partial charge is 0.543 e. The van der Waals surface area contributed by atoms with E-state index in [2.05, 4.69) is 20.2 Å². The third-order valence-electron chi connectivity index (χ3n) is 4.99. The Morgan fingerprint density at radius 2 is 1.91 bits per heavy atom. The average molecular weight is 664 g/mol. The van der Waals surface area contributed by atoms with E-state index in [0.29, 0.717) is 5.01 Å². The number of nitrogens with one attached hydrogen (secondary N) is 1. The topological polar surface area (TPSA) is 364 Å². The number of hydrogen-bond donors (Lipinski definition) is 4. The monoisotopic (exact) mass is 663 g/mol. The summed E-state index contributed by atoms with van der Waals surface area (Å²) in [5, 5.41) is 27.2. The van der Waals surface area contributed by atoms with Crippen LogP contribution >= 0.6 is 23.1 Å². The van der Waals surface area contributed by atoms with Gasteiger partial charge in [-0.2, -0.15) is 5.01 Å². The number of thioether (sulfide) groups is 1. The summed E-state index contributed by atoms with van der Waals surface area (Å²) in [5.41, 5.74) is 4.04. The summed E-state index contributed by atoms with van der Waals surface area (Å²) >= 11 is 1.92. The molecule has 2 aliphatic heterocycles. The largest absolute Gasteiger partial charge is 1.00 e. The second-order valence-corrected chi connectivity index (χ2v) is 9.42. The molecule has 1 aromatic rings. The van der Waals surface area contributed by atoms with Crippen LogP contribution in [0.15, 0.2) is 21.8 Å². The normalized spacial score (nSPS) is 16.7. The summed E-state index contributed by atoms with van der Waals surface area (Å²) < 4.78 is 9.35. The molecule has 234 valence electrons. The number of carboxylic acids is 2. The fourth-order valence-electron chi connectivity index (χ4n) is 3.30. The van der Waals surface area contributed by atoms with Crippen LogP contribution < -0.4 is 56.6 Å². The number of hydrogen-bond acceptors (Lipinski definition) is 15. The van der Waals surface area contributed by atoms with Gasteiger partial charge in [0.2, 0.25) is 5.13 Å². The first kappa shape index (κ1) is 41.6. The van der Waals surface area contributed by atoms with Crippen LogP contribution in [0.3, 0.4) is 0 Å². The van der Waals surface area contributed by atoms with Crippen molar-refractivity contribution >= 4 is 69.9 Å². The van der Waals surface area contributed by atoms with Crippen LogP contribution in [0.5, 0.6) is 0 Å². The molecule has 24 heteroatoms. The van der Waals surface area contributed by atoms with Gasteiger partial charge in [-0.3, -0.25) is 19.3 Å². The number of aliphatic carboxylic acids is 2.